The second-order valence-electron chi connectivity index (χ2n) is 8.19. The molecule has 0 fully saturated rings. The normalized spacial score (nSPS) is 11.9. The predicted octanol–water partition coefficient (Wildman–Crippen LogP) is 4.10. The van der Waals surface area contributed by atoms with Gasteiger partial charge in [0, 0.05) is 18.6 Å². The number of hydrogen-bond acceptors (Lipinski definition) is 5. The Labute approximate surface area is 222 Å². The molecule has 3 aromatic carbocycles. The highest BCUT2D eigenvalue weighted by Crippen LogP contribution is 2.26. The van der Waals surface area contributed by atoms with Crippen LogP contribution in [0.2, 0.25) is 5.02 Å². The number of amides is 2. The van der Waals surface area contributed by atoms with Gasteiger partial charge in [-0.2, -0.15) is 0 Å². The highest BCUT2D eigenvalue weighted by molar-refractivity contribution is 7.92. The number of rotatable bonds is 11. The molecular formula is C27H30ClN3O5S. The van der Waals surface area contributed by atoms with Gasteiger partial charge < -0.3 is 15.0 Å². The minimum Gasteiger partial charge on any atom is -0.494 e. The van der Waals surface area contributed by atoms with Gasteiger partial charge in [0.05, 0.1) is 17.2 Å². The van der Waals surface area contributed by atoms with Crippen molar-refractivity contribution < 1.29 is 22.7 Å². The van der Waals surface area contributed by atoms with E-state index in [1.54, 1.807) is 73.7 Å². The second kappa shape index (κ2) is 12.6. The standard InChI is InChI=1S/C27H30ClN3O5S/c1-4-36-24-16-14-23(15-17-24)31(37(34,35)25-8-6-5-7-9-25)19-26(32)30(20(2)27(33)29-3)18-21-10-12-22(28)13-11-21/h5-17,20H,4,18-19H2,1-3H3,(H,29,33). The zero-order chi connectivity index (χ0) is 27.0. The maximum absolute atomic E-state index is 13.7. The third-order valence-electron chi connectivity index (χ3n) is 5.73. The Balaban J connectivity index is 2.01. The molecule has 0 spiro atoms. The van der Waals surface area contributed by atoms with Gasteiger partial charge >= 0.3 is 0 Å². The molecule has 37 heavy (non-hydrogen) atoms. The number of halogens is 1. The van der Waals surface area contributed by atoms with Crippen LogP contribution >= 0.6 is 11.6 Å². The van der Waals surface area contributed by atoms with E-state index in [2.05, 4.69) is 5.32 Å². The molecule has 0 radical (unpaired) electrons. The quantitative estimate of drug-likeness (QED) is 0.393. The SMILES string of the molecule is CCOc1ccc(N(CC(=O)N(Cc2ccc(Cl)cc2)C(C)C(=O)NC)S(=O)(=O)c2ccccc2)cc1. The number of benzene rings is 3. The summed E-state index contributed by atoms with van der Waals surface area (Å²) in [5.41, 5.74) is 1.03. The zero-order valence-corrected chi connectivity index (χ0v) is 22.5. The smallest absolute Gasteiger partial charge is 0.264 e. The Kier molecular flexibility index (Phi) is 9.54. The topological polar surface area (TPSA) is 96.0 Å². The van der Waals surface area contributed by atoms with Crippen LogP contribution in [0.1, 0.15) is 19.4 Å². The maximum Gasteiger partial charge on any atom is 0.264 e. The molecule has 196 valence electrons. The van der Waals surface area contributed by atoms with Gasteiger partial charge in [-0.25, -0.2) is 8.42 Å². The predicted molar refractivity (Wildman–Crippen MR) is 144 cm³/mol. The Hall–Kier alpha value is -3.56. The van der Waals surface area contributed by atoms with E-state index in [4.69, 9.17) is 16.3 Å². The van der Waals surface area contributed by atoms with Crippen molar-refractivity contribution >= 4 is 39.1 Å². The summed E-state index contributed by atoms with van der Waals surface area (Å²) in [7, 11) is -2.63. The van der Waals surface area contributed by atoms with Crippen LogP contribution in [-0.2, 0) is 26.2 Å². The lowest BCUT2D eigenvalue weighted by molar-refractivity contribution is -0.139. The van der Waals surface area contributed by atoms with Gasteiger partial charge in [0.25, 0.3) is 10.0 Å². The van der Waals surface area contributed by atoms with Gasteiger partial charge in [-0.3, -0.25) is 13.9 Å². The van der Waals surface area contributed by atoms with Gasteiger partial charge in [0.15, 0.2) is 0 Å². The average molecular weight is 544 g/mol. The van der Waals surface area contributed by atoms with Crippen molar-refractivity contribution in [2.45, 2.75) is 31.3 Å². The van der Waals surface area contributed by atoms with E-state index in [1.165, 1.54) is 24.1 Å². The molecule has 0 saturated heterocycles. The number of nitrogens with zero attached hydrogens (tertiary/aromatic N) is 2. The first-order valence-electron chi connectivity index (χ1n) is 11.7. The monoisotopic (exact) mass is 543 g/mol. The lowest BCUT2D eigenvalue weighted by atomic mass is 10.1. The molecule has 0 aliphatic carbocycles. The fraction of sp³-hybridized carbons (Fsp3) is 0.259. The second-order valence-corrected chi connectivity index (χ2v) is 10.5. The number of hydrogen-bond donors (Lipinski definition) is 1. The zero-order valence-electron chi connectivity index (χ0n) is 20.9. The largest absolute Gasteiger partial charge is 0.494 e. The van der Waals surface area contributed by atoms with E-state index in [0.29, 0.717) is 23.1 Å². The summed E-state index contributed by atoms with van der Waals surface area (Å²) in [6, 6.07) is 20.4. The Morgan fingerprint density at radius 3 is 2.16 bits per heavy atom. The summed E-state index contributed by atoms with van der Waals surface area (Å²) >= 11 is 6.00. The van der Waals surface area contributed by atoms with Crippen molar-refractivity contribution in [2.75, 3.05) is 24.5 Å². The molecular weight excluding hydrogens is 514 g/mol. The molecule has 0 heterocycles. The van der Waals surface area contributed by atoms with E-state index >= 15 is 0 Å². The highest BCUT2D eigenvalue weighted by atomic mass is 35.5. The molecule has 1 N–H and O–H groups in total. The van der Waals surface area contributed by atoms with E-state index < -0.39 is 28.5 Å². The maximum atomic E-state index is 13.7. The van der Waals surface area contributed by atoms with Crippen LogP contribution in [0.4, 0.5) is 5.69 Å². The molecule has 1 unspecified atom stereocenters. The van der Waals surface area contributed by atoms with Crippen LogP contribution in [0, 0.1) is 0 Å². The van der Waals surface area contributed by atoms with Gasteiger partial charge in [-0.1, -0.05) is 41.9 Å². The fourth-order valence-electron chi connectivity index (χ4n) is 3.70. The third-order valence-corrected chi connectivity index (χ3v) is 7.77. The molecule has 10 heteroatoms. The number of sulfonamides is 1. The van der Waals surface area contributed by atoms with Crippen molar-refractivity contribution in [3.8, 4) is 5.75 Å². The summed E-state index contributed by atoms with van der Waals surface area (Å²) in [4.78, 5) is 27.6. The Morgan fingerprint density at radius 2 is 1.59 bits per heavy atom. The molecule has 2 amide bonds. The van der Waals surface area contributed by atoms with Crippen molar-refractivity contribution in [3.63, 3.8) is 0 Å². The van der Waals surface area contributed by atoms with E-state index in [9.17, 15) is 18.0 Å². The lowest BCUT2D eigenvalue weighted by Crippen LogP contribution is -2.50. The van der Waals surface area contributed by atoms with Crippen molar-refractivity contribution in [2.24, 2.45) is 0 Å². The van der Waals surface area contributed by atoms with Crippen LogP contribution in [0.15, 0.2) is 83.8 Å². The number of likely N-dealkylation sites (N-methyl/N-ethyl adjacent to an activating group) is 1. The van der Waals surface area contributed by atoms with Crippen molar-refractivity contribution in [3.05, 3.63) is 89.4 Å². The number of ether oxygens (including phenoxy) is 1. The molecule has 1 atom stereocenters. The van der Waals surface area contributed by atoms with Crippen molar-refractivity contribution in [1.29, 1.82) is 0 Å². The van der Waals surface area contributed by atoms with E-state index in [1.807, 2.05) is 6.92 Å². The first-order valence-corrected chi connectivity index (χ1v) is 13.5. The molecule has 0 aliphatic rings. The molecule has 0 aromatic heterocycles. The van der Waals surface area contributed by atoms with Gasteiger partial charge in [0.1, 0.15) is 18.3 Å². The van der Waals surface area contributed by atoms with E-state index in [0.717, 1.165) is 9.87 Å². The third kappa shape index (κ3) is 7.02. The van der Waals surface area contributed by atoms with Crippen LogP contribution in [0.5, 0.6) is 5.75 Å². The molecule has 0 saturated carbocycles. The van der Waals surface area contributed by atoms with Gasteiger partial charge in [0.2, 0.25) is 11.8 Å². The van der Waals surface area contributed by atoms with Crippen LogP contribution in [0.25, 0.3) is 0 Å². The van der Waals surface area contributed by atoms with Crippen LogP contribution < -0.4 is 14.4 Å². The molecule has 8 nitrogen and oxygen atoms in total. The lowest BCUT2D eigenvalue weighted by Gasteiger charge is -2.31. The minimum atomic E-state index is -4.11. The van der Waals surface area contributed by atoms with Gasteiger partial charge in [-0.15, -0.1) is 0 Å². The summed E-state index contributed by atoms with van der Waals surface area (Å²) in [5, 5.41) is 3.09. The fourth-order valence-corrected chi connectivity index (χ4v) is 5.26. The Bertz CT molecular complexity index is 1300. The summed E-state index contributed by atoms with van der Waals surface area (Å²) in [5.74, 6) is -0.340. The van der Waals surface area contributed by atoms with Crippen molar-refractivity contribution in [1.82, 2.24) is 10.2 Å². The van der Waals surface area contributed by atoms with Crippen LogP contribution in [-0.4, -0.2) is 51.4 Å². The number of nitrogens with one attached hydrogen (secondary N) is 1. The highest BCUT2D eigenvalue weighted by Gasteiger charge is 2.32. The van der Waals surface area contributed by atoms with Crippen LogP contribution in [0.3, 0.4) is 0 Å². The van der Waals surface area contributed by atoms with E-state index in [-0.39, 0.29) is 17.3 Å². The number of carbonyl (C=O) groups excluding carboxylic acids is 2. The number of carbonyl (C=O) groups is 2. The molecule has 0 bridgehead atoms. The molecule has 3 aromatic rings. The Morgan fingerprint density at radius 1 is 0.973 bits per heavy atom. The summed E-state index contributed by atoms with van der Waals surface area (Å²) in [6.45, 7) is 3.48. The summed E-state index contributed by atoms with van der Waals surface area (Å²) in [6.07, 6.45) is 0. The molecule has 3 rings (SSSR count). The van der Waals surface area contributed by atoms with Gasteiger partial charge in [-0.05, 0) is 67.9 Å². The molecule has 0 aliphatic heterocycles. The summed E-state index contributed by atoms with van der Waals surface area (Å²) < 4.78 is 33.9. The number of anilines is 1. The minimum absolute atomic E-state index is 0.0419. The average Bonchev–Trinajstić information content (AvgIpc) is 2.91. The first kappa shape index (κ1) is 28.0. The first-order chi connectivity index (χ1) is 17.7.